The number of pyridine rings is 1. The van der Waals surface area contributed by atoms with Gasteiger partial charge in [0, 0.05) is 34.8 Å². The Morgan fingerprint density at radius 2 is 1.33 bits per heavy atom. The van der Waals surface area contributed by atoms with Gasteiger partial charge in [-0.05, 0) is 108 Å². The van der Waals surface area contributed by atoms with Crippen LogP contribution in [0.3, 0.4) is 0 Å². The van der Waals surface area contributed by atoms with Crippen molar-refractivity contribution in [3.8, 4) is 17.3 Å². The molecule has 0 fully saturated rings. The predicted octanol–water partition coefficient (Wildman–Crippen LogP) is 13.7. The number of allylic oxidation sites excluding steroid dienone is 3. The van der Waals surface area contributed by atoms with Crippen molar-refractivity contribution >= 4 is 57.0 Å². The second-order valence-electron chi connectivity index (χ2n) is 17.9. The number of fused-ring (bicyclic) bond motifs is 5. The van der Waals surface area contributed by atoms with E-state index >= 15 is 0 Å². The van der Waals surface area contributed by atoms with Crippen LogP contribution in [0.1, 0.15) is 48.6 Å². The van der Waals surface area contributed by atoms with E-state index in [0.29, 0.717) is 6.67 Å². The SMILES string of the molecule is Cc1cc(C)cc(C2=CB3C=CC=CN3C(c3ccccc3)=C2N2CN(c3cccc(Oc4ccc5c6ccccc6n(-c6cc(C(C)(C)C)ccn6)c5c4)c3)c3ccccc32)c1. The molecule has 0 saturated heterocycles. The first-order valence-electron chi connectivity index (χ1n) is 21.8. The molecule has 0 amide bonds. The molecule has 3 aliphatic heterocycles. The van der Waals surface area contributed by atoms with Crippen molar-refractivity contribution in [3.05, 3.63) is 222 Å². The summed E-state index contributed by atoms with van der Waals surface area (Å²) in [6.45, 7) is 11.8. The van der Waals surface area contributed by atoms with Crippen molar-refractivity contribution in [2.24, 2.45) is 0 Å². The molecule has 0 radical (unpaired) electrons. The number of rotatable bonds is 7. The molecule has 0 spiro atoms. The van der Waals surface area contributed by atoms with Gasteiger partial charge in [0.15, 0.2) is 0 Å². The fourth-order valence-electron chi connectivity index (χ4n) is 9.63. The summed E-state index contributed by atoms with van der Waals surface area (Å²) in [6.07, 6.45) is 8.44. The summed E-state index contributed by atoms with van der Waals surface area (Å²) in [4.78, 5) is 12.2. The Morgan fingerprint density at radius 3 is 2.14 bits per heavy atom. The third-order valence-corrected chi connectivity index (χ3v) is 12.5. The van der Waals surface area contributed by atoms with Crippen LogP contribution >= 0.6 is 0 Å². The molecular weight excluding hydrogens is 769 g/mol. The van der Waals surface area contributed by atoms with Gasteiger partial charge in [0.05, 0.1) is 33.8 Å². The average molecular weight is 818 g/mol. The zero-order valence-corrected chi connectivity index (χ0v) is 36.3. The first-order chi connectivity index (χ1) is 30.7. The Bertz CT molecular complexity index is 3200. The minimum Gasteiger partial charge on any atom is -0.457 e. The second kappa shape index (κ2) is 15.1. The monoisotopic (exact) mass is 817 g/mol. The number of para-hydroxylation sites is 3. The average Bonchev–Trinajstić information content (AvgIpc) is 3.84. The lowest BCUT2D eigenvalue weighted by atomic mass is 9.55. The van der Waals surface area contributed by atoms with E-state index in [1.54, 1.807) is 0 Å². The molecule has 0 atom stereocenters. The molecule has 7 heteroatoms. The third-order valence-electron chi connectivity index (χ3n) is 12.5. The summed E-state index contributed by atoms with van der Waals surface area (Å²) in [7, 11) is 0. The molecule has 8 aromatic rings. The molecule has 2 aromatic heterocycles. The van der Waals surface area contributed by atoms with Crippen LogP contribution in [-0.4, -0.2) is 27.9 Å². The van der Waals surface area contributed by atoms with Crippen molar-refractivity contribution in [2.45, 2.75) is 40.0 Å². The molecule has 0 saturated carbocycles. The number of hydrogen-bond acceptors (Lipinski definition) is 5. The fourth-order valence-corrected chi connectivity index (χ4v) is 9.63. The lowest BCUT2D eigenvalue weighted by Gasteiger charge is -2.39. The summed E-state index contributed by atoms with van der Waals surface area (Å²) in [5.74, 6) is 7.15. The van der Waals surface area contributed by atoms with E-state index in [0.717, 1.165) is 50.8 Å². The summed E-state index contributed by atoms with van der Waals surface area (Å²) in [6, 6.07) is 54.3. The van der Waals surface area contributed by atoms with E-state index < -0.39 is 0 Å². The molecule has 0 aliphatic carbocycles. The molecule has 0 unspecified atom stereocenters. The van der Waals surface area contributed by atoms with Gasteiger partial charge in [-0.25, -0.2) is 4.98 Å². The number of aromatic nitrogens is 2. The Balaban J connectivity index is 0.996. The Hall–Kier alpha value is -7.51. The van der Waals surface area contributed by atoms with Gasteiger partial charge in [0.25, 0.3) is 0 Å². The zero-order valence-electron chi connectivity index (χ0n) is 36.3. The summed E-state index contributed by atoms with van der Waals surface area (Å²) < 4.78 is 9.07. The molecule has 0 N–H and O–H groups in total. The van der Waals surface area contributed by atoms with E-state index in [9.17, 15) is 0 Å². The summed E-state index contributed by atoms with van der Waals surface area (Å²) in [5.41, 5.74) is 15.2. The number of hydrogen-bond donors (Lipinski definition) is 0. The molecule has 5 heterocycles. The van der Waals surface area contributed by atoms with Gasteiger partial charge in [-0.3, -0.25) is 4.57 Å². The van der Waals surface area contributed by atoms with Crippen LogP contribution in [0.15, 0.2) is 194 Å². The lowest BCUT2D eigenvalue weighted by Crippen LogP contribution is -2.40. The van der Waals surface area contributed by atoms with Crippen molar-refractivity contribution in [1.29, 1.82) is 0 Å². The smallest absolute Gasteiger partial charge is 0.313 e. The number of ether oxygens (including phenoxy) is 1. The van der Waals surface area contributed by atoms with Gasteiger partial charge in [-0.1, -0.05) is 135 Å². The third kappa shape index (κ3) is 6.81. The van der Waals surface area contributed by atoms with Crippen LogP contribution in [0.2, 0.25) is 0 Å². The largest absolute Gasteiger partial charge is 0.457 e. The zero-order chi connectivity index (χ0) is 42.8. The summed E-state index contributed by atoms with van der Waals surface area (Å²) in [5, 5.41) is 2.34. The van der Waals surface area contributed by atoms with Crippen LogP contribution in [0, 0.1) is 13.8 Å². The molecule has 11 rings (SSSR count). The Kier molecular flexibility index (Phi) is 9.23. The second-order valence-corrected chi connectivity index (χ2v) is 17.9. The van der Waals surface area contributed by atoms with Crippen molar-refractivity contribution in [3.63, 3.8) is 0 Å². The quantitative estimate of drug-likeness (QED) is 0.150. The van der Waals surface area contributed by atoms with Crippen molar-refractivity contribution < 1.29 is 4.74 Å². The van der Waals surface area contributed by atoms with Gasteiger partial charge in [0.2, 0.25) is 0 Å². The number of benzene rings is 6. The minimum atomic E-state index is -0.00931. The van der Waals surface area contributed by atoms with Gasteiger partial charge < -0.3 is 19.3 Å². The van der Waals surface area contributed by atoms with Crippen LogP contribution in [0.4, 0.5) is 17.1 Å². The molecule has 63 heavy (non-hydrogen) atoms. The highest BCUT2D eigenvalue weighted by Crippen LogP contribution is 2.49. The Morgan fingerprint density at radius 1 is 0.603 bits per heavy atom. The van der Waals surface area contributed by atoms with E-state index in [4.69, 9.17) is 9.72 Å². The normalized spacial score (nSPS) is 14.8. The molecule has 0 bridgehead atoms. The van der Waals surface area contributed by atoms with Crippen LogP contribution < -0.4 is 14.5 Å². The van der Waals surface area contributed by atoms with E-state index in [-0.39, 0.29) is 12.3 Å². The molecule has 3 aliphatic rings. The molecule has 306 valence electrons. The van der Waals surface area contributed by atoms with Gasteiger partial charge in [0.1, 0.15) is 24.0 Å². The maximum absolute atomic E-state index is 6.80. The van der Waals surface area contributed by atoms with E-state index in [2.05, 4.69) is 230 Å². The van der Waals surface area contributed by atoms with Crippen LogP contribution in [-0.2, 0) is 5.41 Å². The predicted molar refractivity (Wildman–Crippen MR) is 263 cm³/mol. The van der Waals surface area contributed by atoms with E-state index in [1.807, 2.05) is 12.3 Å². The van der Waals surface area contributed by atoms with Crippen molar-refractivity contribution in [1.82, 2.24) is 14.4 Å². The number of anilines is 3. The maximum Gasteiger partial charge on any atom is 0.313 e. The highest BCUT2D eigenvalue weighted by molar-refractivity contribution is 6.70. The van der Waals surface area contributed by atoms with Crippen LogP contribution in [0.25, 0.3) is 38.9 Å². The Labute approximate surface area is 370 Å². The maximum atomic E-state index is 6.80. The first kappa shape index (κ1) is 38.4. The molecule has 6 aromatic carbocycles. The number of nitrogens with zero attached hydrogens (tertiary/aromatic N) is 5. The van der Waals surface area contributed by atoms with Gasteiger partial charge in [-0.15, -0.1) is 0 Å². The van der Waals surface area contributed by atoms with Crippen LogP contribution in [0.5, 0.6) is 11.5 Å². The highest BCUT2D eigenvalue weighted by Gasteiger charge is 2.38. The highest BCUT2D eigenvalue weighted by atomic mass is 16.5. The minimum absolute atomic E-state index is 0.00931. The topological polar surface area (TPSA) is 36.8 Å². The molecular formula is C56H48BN5O. The van der Waals surface area contributed by atoms with Crippen molar-refractivity contribution in [2.75, 3.05) is 16.5 Å². The summed E-state index contributed by atoms with van der Waals surface area (Å²) >= 11 is 0. The van der Waals surface area contributed by atoms with E-state index in [1.165, 1.54) is 50.2 Å². The van der Waals surface area contributed by atoms with Gasteiger partial charge >= 0.3 is 6.85 Å². The molecule has 6 nitrogen and oxygen atoms in total. The standard InChI is InChI=1S/C56H48BN5O/c1-38-30-39(2)32-41(31-38)48-36-57-27-13-14-29-61(57)54(40-16-7-6-8-17-40)55(48)60-37-59(50-22-11-12-23-51(50)60)43-18-15-19-44(34-43)63-45-24-25-47-46-20-9-10-21-49(46)62(52(47)35-45)53-33-42(26-28-58-53)56(3,4)5/h6-36H,37H2,1-5H3. The fraction of sp³-hybridized carbons (Fsp3) is 0.125. The lowest BCUT2D eigenvalue weighted by molar-refractivity contribution is 0.483. The van der Waals surface area contributed by atoms with Gasteiger partial charge in [-0.2, -0.15) is 0 Å². The first-order valence-corrected chi connectivity index (χ1v) is 21.8. The number of aryl methyl sites for hydroxylation is 2.